The summed E-state index contributed by atoms with van der Waals surface area (Å²) in [5.41, 5.74) is 2.09. The quantitative estimate of drug-likeness (QED) is 0.649. The lowest BCUT2D eigenvalue weighted by atomic mass is 10.0. The fourth-order valence-electron chi connectivity index (χ4n) is 1.09. The third kappa shape index (κ3) is 1.99. The zero-order chi connectivity index (χ0) is 9.14. The van der Waals surface area contributed by atoms with Crippen LogP contribution in [0.3, 0.4) is 0 Å². The van der Waals surface area contributed by atoms with Gasteiger partial charge in [-0.2, -0.15) is 5.26 Å². The molecule has 1 aromatic carbocycles. The van der Waals surface area contributed by atoms with Crippen LogP contribution in [-0.4, -0.2) is 0 Å². The van der Waals surface area contributed by atoms with Gasteiger partial charge in [0.15, 0.2) is 0 Å². The molecule has 0 heterocycles. The Morgan fingerprint density at radius 3 is 2.58 bits per heavy atom. The Morgan fingerprint density at radius 2 is 2.08 bits per heavy atom. The lowest BCUT2D eigenvalue weighted by molar-refractivity contribution is 0.979. The van der Waals surface area contributed by atoms with Gasteiger partial charge in [-0.15, -0.1) is 0 Å². The summed E-state index contributed by atoms with van der Waals surface area (Å²) in [4.78, 5) is 0. The van der Waals surface area contributed by atoms with Crippen LogP contribution in [0.15, 0.2) is 18.2 Å². The van der Waals surface area contributed by atoms with Gasteiger partial charge in [0, 0.05) is 5.02 Å². The van der Waals surface area contributed by atoms with E-state index in [9.17, 15) is 0 Å². The van der Waals surface area contributed by atoms with Crippen molar-refractivity contribution >= 4 is 11.6 Å². The van der Waals surface area contributed by atoms with Gasteiger partial charge in [0.2, 0.25) is 0 Å². The lowest BCUT2D eigenvalue weighted by Crippen LogP contribution is -1.89. The summed E-state index contributed by atoms with van der Waals surface area (Å²) in [6.07, 6.45) is 0. The van der Waals surface area contributed by atoms with Crippen LogP contribution < -0.4 is 0 Å². The van der Waals surface area contributed by atoms with Crippen LogP contribution >= 0.6 is 11.6 Å². The minimum atomic E-state index is -0.0811. The van der Waals surface area contributed by atoms with Crippen LogP contribution in [0.5, 0.6) is 0 Å². The Morgan fingerprint density at radius 1 is 1.42 bits per heavy atom. The highest BCUT2D eigenvalue weighted by Gasteiger charge is 2.04. The third-order valence-electron chi connectivity index (χ3n) is 1.76. The maximum Gasteiger partial charge on any atom is 0.0700 e. The van der Waals surface area contributed by atoms with E-state index >= 15 is 0 Å². The molecule has 0 aliphatic heterocycles. The van der Waals surface area contributed by atoms with Gasteiger partial charge in [-0.3, -0.25) is 0 Å². The molecular formula is C10H10ClN. The molecule has 0 saturated heterocycles. The molecule has 0 aliphatic carbocycles. The van der Waals surface area contributed by atoms with Crippen LogP contribution in [0.2, 0.25) is 5.02 Å². The summed E-state index contributed by atoms with van der Waals surface area (Å²) in [7, 11) is 0. The van der Waals surface area contributed by atoms with Crippen molar-refractivity contribution in [2.45, 2.75) is 19.8 Å². The zero-order valence-electron chi connectivity index (χ0n) is 7.13. The Kier molecular flexibility index (Phi) is 2.73. The topological polar surface area (TPSA) is 23.8 Å². The van der Waals surface area contributed by atoms with Crippen LogP contribution in [0.25, 0.3) is 0 Å². The summed E-state index contributed by atoms with van der Waals surface area (Å²) in [5, 5.41) is 9.38. The van der Waals surface area contributed by atoms with Gasteiger partial charge in [-0.05, 0) is 37.1 Å². The lowest BCUT2D eigenvalue weighted by Gasteiger charge is -2.04. The Bertz CT molecular complexity index is 305. The third-order valence-corrected chi connectivity index (χ3v) is 1.98. The largest absolute Gasteiger partial charge is 0.198 e. The van der Waals surface area contributed by atoms with Gasteiger partial charge < -0.3 is 0 Å². The predicted molar refractivity (Wildman–Crippen MR) is 50.2 cm³/mol. The van der Waals surface area contributed by atoms with E-state index in [2.05, 4.69) is 6.07 Å². The zero-order valence-corrected chi connectivity index (χ0v) is 7.89. The average Bonchev–Trinajstić information content (AvgIpc) is 2.01. The van der Waals surface area contributed by atoms with Gasteiger partial charge in [0.1, 0.15) is 0 Å². The van der Waals surface area contributed by atoms with Crippen molar-refractivity contribution in [2.75, 3.05) is 0 Å². The van der Waals surface area contributed by atoms with E-state index in [1.807, 2.05) is 32.0 Å². The molecule has 0 saturated carbocycles. The number of nitriles is 1. The summed E-state index contributed by atoms with van der Waals surface area (Å²) < 4.78 is 0. The maximum atomic E-state index is 8.68. The Balaban J connectivity index is 3.10. The van der Waals surface area contributed by atoms with Crippen molar-refractivity contribution in [3.05, 3.63) is 34.3 Å². The summed E-state index contributed by atoms with van der Waals surface area (Å²) >= 11 is 5.84. The van der Waals surface area contributed by atoms with Crippen molar-refractivity contribution in [2.24, 2.45) is 0 Å². The molecule has 0 N–H and O–H groups in total. The second-order valence-electron chi connectivity index (χ2n) is 2.91. The van der Waals surface area contributed by atoms with E-state index in [0.29, 0.717) is 5.02 Å². The first-order valence-electron chi connectivity index (χ1n) is 3.80. The van der Waals surface area contributed by atoms with Crippen molar-refractivity contribution < 1.29 is 0 Å². The molecule has 0 bridgehead atoms. The normalized spacial score (nSPS) is 12.2. The summed E-state index contributed by atoms with van der Waals surface area (Å²) in [6, 6.07) is 7.88. The monoisotopic (exact) mass is 179 g/mol. The summed E-state index contributed by atoms with van der Waals surface area (Å²) in [6.45, 7) is 3.84. The molecule has 12 heavy (non-hydrogen) atoms. The SMILES string of the molecule is Cc1cc(Cl)cc(C(C)C#N)c1. The van der Waals surface area contributed by atoms with Gasteiger partial charge in [-0.1, -0.05) is 17.7 Å². The first-order chi connectivity index (χ1) is 5.63. The number of nitrogens with zero attached hydrogens (tertiary/aromatic N) is 1. The van der Waals surface area contributed by atoms with Crippen LogP contribution in [-0.2, 0) is 0 Å². The van der Waals surface area contributed by atoms with Crippen molar-refractivity contribution in [3.8, 4) is 6.07 Å². The molecule has 0 fully saturated rings. The molecule has 1 unspecified atom stereocenters. The predicted octanol–water partition coefficient (Wildman–Crippen LogP) is 3.28. The van der Waals surface area contributed by atoms with E-state index in [1.165, 1.54) is 0 Å². The van der Waals surface area contributed by atoms with Crippen LogP contribution in [0, 0.1) is 18.3 Å². The minimum absolute atomic E-state index is 0.0811. The average molecular weight is 180 g/mol. The maximum absolute atomic E-state index is 8.68. The molecular weight excluding hydrogens is 170 g/mol. The summed E-state index contributed by atoms with van der Waals surface area (Å²) in [5.74, 6) is -0.0811. The molecule has 0 radical (unpaired) electrons. The molecule has 62 valence electrons. The smallest absolute Gasteiger partial charge is 0.0700 e. The highest BCUT2D eigenvalue weighted by molar-refractivity contribution is 6.30. The Hall–Kier alpha value is -1.00. The van der Waals surface area contributed by atoms with Crippen LogP contribution in [0.1, 0.15) is 24.0 Å². The van der Waals surface area contributed by atoms with Crippen molar-refractivity contribution in [3.63, 3.8) is 0 Å². The second kappa shape index (κ2) is 3.60. The van der Waals surface area contributed by atoms with Crippen molar-refractivity contribution in [1.29, 1.82) is 5.26 Å². The molecule has 0 spiro atoms. The second-order valence-corrected chi connectivity index (χ2v) is 3.35. The van der Waals surface area contributed by atoms with Gasteiger partial charge >= 0.3 is 0 Å². The van der Waals surface area contributed by atoms with E-state index in [-0.39, 0.29) is 5.92 Å². The number of hydrogen-bond donors (Lipinski definition) is 0. The number of benzene rings is 1. The molecule has 0 amide bonds. The Labute approximate surface area is 77.6 Å². The fourth-order valence-corrected chi connectivity index (χ4v) is 1.39. The number of aryl methyl sites for hydroxylation is 1. The number of halogens is 1. The molecule has 1 rings (SSSR count). The van der Waals surface area contributed by atoms with Crippen molar-refractivity contribution in [1.82, 2.24) is 0 Å². The highest BCUT2D eigenvalue weighted by atomic mass is 35.5. The first kappa shape index (κ1) is 9.09. The van der Waals surface area contributed by atoms with Gasteiger partial charge in [0.25, 0.3) is 0 Å². The van der Waals surface area contributed by atoms with E-state index in [4.69, 9.17) is 16.9 Å². The molecule has 1 atom stereocenters. The number of rotatable bonds is 1. The standard InChI is InChI=1S/C10H10ClN/c1-7-3-9(8(2)6-12)5-10(11)4-7/h3-5,8H,1-2H3. The van der Waals surface area contributed by atoms with Gasteiger partial charge in [0.05, 0.1) is 12.0 Å². The van der Waals surface area contributed by atoms with E-state index in [0.717, 1.165) is 11.1 Å². The fraction of sp³-hybridized carbons (Fsp3) is 0.300. The van der Waals surface area contributed by atoms with E-state index in [1.54, 1.807) is 0 Å². The number of hydrogen-bond acceptors (Lipinski definition) is 1. The molecule has 1 aromatic rings. The molecule has 0 aliphatic rings. The molecule has 1 nitrogen and oxygen atoms in total. The molecule has 0 aromatic heterocycles. The van der Waals surface area contributed by atoms with Gasteiger partial charge in [-0.25, -0.2) is 0 Å². The molecule has 2 heteroatoms. The van der Waals surface area contributed by atoms with E-state index < -0.39 is 0 Å². The minimum Gasteiger partial charge on any atom is -0.198 e. The highest BCUT2D eigenvalue weighted by Crippen LogP contribution is 2.20. The van der Waals surface area contributed by atoms with Crippen LogP contribution in [0.4, 0.5) is 0 Å². The first-order valence-corrected chi connectivity index (χ1v) is 4.18.